The Kier molecular flexibility index (Phi) is 3.76. The van der Waals surface area contributed by atoms with Crippen molar-refractivity contribution < 1.29 is 13.3 Å². The number of aromatic nitrogens is 2. The van der Waals surface area contributed by atoms with E-state index >= 15 is 0 Å². The maximum absolute atomic E-state index is 12.9. The van der Waals surface area contributed by atoms with Crippen LogP contribution in [-0.2, 0) is 5.38 Å². The Hall–Kier alpha value is -2.81. The number of nitrogens with zero attached hydrogens (tertiary/aromatic N) is 3. The number of hydrogen-bond donors (Lipinski definition) is 1. The van der Waals surface area contributed by atoms with Crippen molar-refractivity contribution in [2.24, 2.45) is 0 Å². The van der Waals surface area contributed by atoms with E-state index in [9.17, 15) is 18.4 Å². The molecule has 0 radical (unpaired) electrons. The summed E-state index contributed by atoms with van der Waals surface area (Å²) < 4.78 is 30.3. The summed E-state index contributed by atoms with van der Waals surface area (Å²) >= 11 is 4.84. The van der Waals surface area contributed by atoms with E-state index in [0.29, 0.717) is 16.9 Å². The number of rotatable bonds is 5. The molecule has 2 aromatic carbocycles. The summed E-state index contributed by atoms with van der Waals surface area (Å²) in [4.78, 5) is 28.9. The predicted octanol–water partition coefficient (Wildman–Crippen LogP) is 2.57. The minimum atomic E-state index is -3.73. The molecule has 1 saturated heterocycles. The summed E-state index contributed by atoms with van der Waals surface area (Å²) in [6.07, 6.45) is 0.987. The van der Waals surface area contributed by atoms with E-state index in [0.717, 1.165) is 19.5 Å². The summed E-state index contributed by atoms with van der Waals surface area (Å²) in [5.74, 6) is -1.03. The first-order valence-electron chi connectivity index (χ1n) is 7.71. The van der Waals surface area contributed by atoms with Crippen LogP contribution >= 0.6 is 11.6 Å². The van der Waals surface area contributed by atoms with Crippen molar-refractivity contribution in [2.45, 2.75) is 11.8 Å². The molecule has 3 aromatic rings. The molecule has 0 spiro atoms. The molecular weight excluding hydrogens is 370 g/mol. The third-order valence-corrected chi connectivity index (χ3v) is 4.30. The average molecular weight is 381 g/mol. The van der Waals surface area contributed by atoms with Gasteiger partial charge < -0.3 is 14.7 Å². The van der Waals surface area contributed by atoms with Gasteiger partial charge in [-0.1, -0.05) is 5.16 Å². The molecule has 4 rings (SSSR count). The molecule has 10 heteroatoms. The van der Waals surface area contributed by atoms with Crippen molar-refractivity contribution in [1.29, 1.82) is 0 Å². The molecule has 26 heavy (non-hydrogen) atoms. The van der Waals surface area contributed by atoms with E-state index in [2.05, 4.69) is 20.0 Å². The molecule has 0 amide bonds. The van der Waals surface area contributed by atoms with E-state index in [1.54, 1.807) is 24.3 Å². The van der Waals surface area contributed by atoms with Crippen LogP contribution in [0.3, 0.4) is 0 Å². The highest BCUT2D eigenvalue weighted by atomic mass is 35.5. The molecule has 1 fully saturated rings. The SMILES string of the molecule is O=c1c(Nc2ccc(-c3noc(C(F)(F)Cl)n3)cc2)c(N2CCC2)c1=O. The number of halogens is 3. The minimum Gasteiger partial charge on any atom is -0.366 e. The van der Waals surface area contributed by atoms with Crippen LogP contribution in [0.15, 0.2) is 38.4 Å². The van der Waals surface area contributed by atoms with Crippen molar-refractivity contribution in [3.63, 3.8) is 0 Å². The minimum absolute atomic E-state index is 0.0396. The van der Waals surface area contributed by atoms with E-state index in [4.69, 9.17) is 11.6 Å². The third kappa shape index (κ3) is 2.74. The fourth-order valence-corrected chi connectivity index (χ4v) is 2.72. The molecule has 134 valence electrons. The number of benzene rings is 1. The Labute approximate surface area is 149 Å². The maximum atomic E-state index is 12.9. The number of alkyl halides is 3. The van der Waals surface area contributed by atoms with Gasteiger partial charge in [-0.3, -0.25) is 9.59 Å². The topological polar surface area (TPSA) is 88.3 Å². The second-order valence-electron chi connectivity index (χ2n) is 5.85. The standard InChI is InChI=1S/C16H11ClF2N4O3/c17-16(18,19)15-21-14(22-26-15)8-2-4-9(5-3-8)20-10-11(13(25)12(10)24)23-6-1-7-23/h2-5,20H,1,6-7H2. The average Bonchev–Trinajstić information content (AvgIpc) is 3.07. The summed E-state index contributed by atoms with van der Waals surface area (Å²) in [6, 6.07) is 6.36. The molecule has 0 saturated carbocycles. The molecule has 2 heterocycles. The van der Waals surface area contributed by atoms with Crippen molar-refractivity contribution in [2.75, 3.05) is 23.3 Å². The highest BCUT2D eigenvalue weighted by molar-refractivity contribution is 6.21. The van der Waals surface area contributed by atoms with Crippen LogP contribution < -0.4 is 21.1 Å². The zero-order chi connectivity index (χ0) is 18.5. The van der Waals surface area contributed by atoms with Crippen molar-refractivity contribution >= 4 is 28.7 Å². The van der Waals surface area contributed by atoms with Crippen LogP contribution in [-0.4, -0.2) is 23.2 Å². The fourth-order valence-electron chi connectivity index (χ4n) is 2.64. The lowest BCUT2D eigenvalue weighted by Crippen LogP contribution is -2.47. The summed E-state index contributed by atoms with van der Waals surface area (Å²) in [6.45, 7) is 1.51. The van der Waals surface area contributed by atoms with Gasteiger partial charge in [0.1, 0.15) is 11.4 Å². The van der Waals surface area contributed by atoms with Crippen molar-refractivity contribution in [1.82, 2.24) is 10.1 Å². The largest absolute Gasteiger partial charge is 0.400 e. The second kappa shape index (κ2) is 5.87. The Morgan fingerprint density at radius 1 is 1.15 bits per heavy atom. The van der Waals surface area contributed by atoms with Gasteiger partial charge in [-0.05, 0) is 42.3 Å². The quantitative estimate of drug-likeness (QED) is 0.537. The first kappa shape index (κ1) is 16.6. The molecular formula is C16H11ClF2N4O3. The number of nitrogens with one attached hydrogen (secondary N) is 1. The molecule has 0 bridgehead atoms. The van der Waals surface area contributed by atoms with Gasteiger partial charge in [0.2, 0.25) is 5.82 Å². The van der Waals surface area contributed by atoms with E-state index in [-0.39, 0.29) is 11.5 Å². The van der Waals surface area contributed by atoms with Gasteiger partial charge in [-0.2, -0.15) is 13.8 Å². The Bertz CT molecular complexity index is 1030. The Morgan fingerprint density at radius 3 is 2.38 bits per heavy atom. The lowest BCUT2D eigenvalue weighted by molar-refractivity contribution is 0.0551. The maximum Gasteiger partial charge on any atom is 0.400 e. The monoisotopic (exact) mass is 380 g/mol. The van der Waals surface area contributed by atoms with Gasteiger partial charge in [-0.25, -0.2) is 0 Å². The number of hydrogen-bond acceptors (Lipinski definition) is 7. The zero-order valence-electron chi connectivity index (χ0n) is 13.1. The van der Waals surface area contributed by atoms with Gasteiger partial charge in [-0.15, -0.1) is 0 Å². The van der Waals surface area contributed by atoms with Crippen LogP contribution in [0.25, 0.3) is 11.4 Å². The van der Waals surface area contributed by atoms with Gasteiger partial charge >= 0.3 is 11.3 Å². The molecule has 1 N–H and O–H groups in total. The summed E-state index contributed by atoms with van der Waals surface area (Å²) in [7, 11) is 0. The zero-order valence-corrected chi connectivity index (χ0v) is 13.9. The van der Waals surface area contributed by atoms with E-state index < -0.39 is 22.1 Å². The third-order valence-electron chi connectivity index (χ3n) is 4.14. The molecule has 1 aliphatic rings. The predicted molar refractivity (Wildman–Crippen MR) is 90.9 cm³/mol. The van der Waals surface area contributed by atoms with Crippen LogP contribution in [0, 0.1) is 0 Å². The second-order valence-corrected chi connectivity index (χ2v) is 6.32. The van der Waals surface area contributed by atoms with E-state index in [1.807, 2.05) is 4.90 Å². The normalized spacial score (nSPS) is 14.5. The van der Waals surface area contributed by atoms with Crippen LogP contribution in [0.4, 0.5) is 25.8 Å². The highest BCUT2D eigenvalue weighted by Gasteiger charge is 2.35. The first-order valence-corrected chi connectivity index (χ1v) is 8.09. The van der Waals surface area contributed by atoms with Gasteiger partial charge in [0.05, 0.1) is 0 Å². The van der Waals surface area contributed by atoms with Gasteiger partial charge in [0, 0.05) is 24.3 Å². The molecule has 0 unspecified atom stereocenters. The van der Waals surface area contributed by atoms with Gasteiger partial charge in [0.25, 0.3) is 10.9 Å². The van der Waals surface area contributed by atoms with Crippen LogP contribution in [0.5, 0.6) is 0 Å². The summed E-state index contributed by atoms with van der Waals surface area (Å²) in [5.41, 5.74) is 0.644. The summed E-state index contributed by atoms with van der Waals surface area (Å²) in [5, 5.41) is 2.66. The Balaban J connectivity index is 1.54. The highest BCUT2D eigenvalue weighted by Crippen LogP contribution is 2.32. The van der Waals surface area contributed by atoms with E-state index in [1.165, 1.54) is 0 Å². The molecule has 0 aliphatic carbocycles. The molecule has 1 aliphatic heterocycles. The number of anilines is 3. The smallest absolute Gasteiger partial charge is 0.366 e. The van der Waals surface area contributed by atoms with Crippen LogP contribution in [0.2, 0.25) is 0 Å². The molecule has 0 atom stereocenters. The van der Waals surface area contributed by atoms with Crippen molar-refractivity contribution in [3.05, 3.63) is 50.6 Å². The van der Waals surface area contributed by atoms with Crippen molar-refractivity contribution in [3.8, 4) is 11.4 Å². The molecule has 1 aromatic heterocycles. The lowest BCUT2D eigenvalue weighted by Gasteiger charge is -2.34. The Morgan fingerprint density at radius 2 is 1.85 bits per heavy atom. The fraction of sp³-hybridized carbons (Fsp3) is 0.250. The molecule has 7 nitrogen and oxygen atoms in total. The van der Waals surface area contributed by atoms with Gasteiger partial charge in [0.15, 0.2) is 0 Å². The first-order chi connectivity index (χ1) is 12.3. The van der Waals surface area contributed by atoms with Crippen LogP contribution in [0.1, 0.15) is 12.3 Å². The lowest BCUT2D eigenvalue weighted by atomic mass is 10.1.